The van der Waals surface area contributed by atoms with Crippen LogP contribution >= 0.6 is 0 Å². The van der Waals surface area contributed by atoms with E-state index in [0.717, 1.165) is 50.8 Å². The molecule has 124 valence electrons. The van der Waals surface area contributed by atoms with Crippen LogP contribution in [0, 0.1) is 0 Å². The number of nitrogens with one attached hydrogen (secondary N) is 1. The second-order valence-electron chi connectivity index (χ2n) is 6.08. The van der Waals surface area contributed by atoms with Crippen LogP contribution in [-0.2, 0) is 13.6 Å². The Morgan fingerprint density at radius 2 is 2.30 bits per heavy atom. The molecule has 1 aromatic heterocycles. The van der Waals surface area contributed by atoms with Crippen LogP contribution in [0.15, 0.2) is 36.7 Å². The zero-order chi connectivity index (χ0) is 16.1. The van der Waals surface area contributed by atoms with Crippen molar-refractivity contribution >= 4 is 0 Å². The fourth-order valence-corrected chi connectivity index (χ4v) is 3.08. The van der Waals surface area contributed by atoms with E-state index in [-0.39, 0.29) is 0 Å². The van der Waals surface area contributed by atoms with Gasteiger partial charge in [0.1, 0.15) is 11.6 Å². The third-order valence-electron chi connectivity index (χ3n) is 4.27. The number of imidazole rings is 1. The van der Waals surface area contributed by atoms with Crippen LogP contribution in [-0.4, -0.2) is 40.7 Å². The largest absolute Gasteiger partial charge is 0.494 e. The Bertz CT molecular complexity index is 625. The van der Waals surface area contributed by atoms with Gasteiger partial charge in [0, 0.05) is 45.6 Å². The first kappa shape index (κ1) is 16.0. The molecular formula is C18H26N4O. The van der Waals surface area contributed by atoms with Gasteiger partial charge in [0.2, 0.25) is 0 Å². The van der Waals surface area contributed by atoms with Gasteiger partial charge >= 0.3 is 0 Å². The van der Waals surface area contributed by atoms with Gasteiger partial charge in [0.25, 0.3) is 0 Å². The highest BCUT2D eigenvalue weighted by Crippen LogP contribution is 2.24. The molecule has 0 saturated carbocycles. The minimum Gasteiger partial charge on any atom is -0.494 e. The van der Waals surface area contributed by atoms with Gasteiger partial charge in [0.05, 0.1) is 12.6 Å². The predicted molar refractivity (Wildman–Crippen MR) is 91.5 cm³/mol. The molecule has 2 heterocycles. The maximum atomic E-state index is 5.76. The maximum Gasteiger partial charge on any atom is 0.127 e. The highest BCUT2D eigenvalue weighted by Gasteiger charge is 2.26. The molecule has 0 spiro atoms. The Labute approximate surface area is 138 Å². The van der Waals surface area contributed by atoms with Crippen LogP contribution < -0.4 is 10.1 Å². The van der Waals surface area contributed by atoms with E-state index in [1.165, 1.54) is 5.56 Å². The molecule has 3 rings (SSSR count). The van der Waals surface area contributed by atoms with E-state index in [2.05, 4.69) is 51.9 Å². The average molecular weight is 314 g/mol. The first-order valence-electron chi connectivity index (χ1n) is 8.41. The Morgan fingerprint density at radius 3 is 3.09 bits per heavy atom. The Balaban J connectivity index is 1.73. The van der Waals surface area contributed by atoms with Crippen LogP contribution in [0.3, 0.4) is 0 Å². The zero-order valence-electron chi connectivity index (χ0n) is 14.0. The molecule has 0 aliphatic carbocycles. The minimum absolute atomic E-state index is 0.309. The molecule has 1 N–H and O–H groups in total. The number of hydrogen-bond donors (Lipinski definition) is 1. The Hall–Kier alpha value is -1.85. The summed E-state index contributed by atoms with van der Waals surface area (Å²) in [5.41, 5.74) is 1.29. The van der Waals surface area contributed by atoms with E-state index in [1.54, 1.807) is 0 Å². The summed E-state index contributed by atoms with van der Waals surface area (Å²) in [6.45, 7) is 6.80. The molecule has 1 aliphatic rings. The molecule has 0 radical (unpaired) electrons. The van der Waals surface area contributed by atoms with Crippen molar-refractivity contribution in [1.82, 2.24) is 19.8 Å². The zero-order valence-corrected chi connectivity index (χ0v) is 14.0. The minimum atomic E-state index is 0.309. The normalized spacial score (nSPS) is 19.0. The topological polar surface area (TPSA) is 42.3 Å². The summed E-state index contributed by atoms with van der Waals surface area (Å²) in [5, 5.41) is 3.49. The van der Waals surface area contributed by atoms with Crippen molar-refractivity contribution in [3.63, 3.8) is 0 Å². The molecule has 1 unspecified atom stereocenters. The van der Waals surface area contributed by atoms with Crippen LogP contribution in [0.25, 0.3) is 0 Å². The molecule has 0 amide bonds. The highest BCUT2D eigenvalue weighted by atomic mass is 16.5. The summed E-state index contributed by atoms with van der Waals surface area (Å²) < 4.78 is 7.87. The van der Waals surface area contributed by atoms with Gasteiger partial charge in [-0.3, -0.25) is 4.90 Å². The van der Waals surface area contributed by atoms with E-state index in [0.29, 0.717) is 6.04 Å². The molecule has 1 aliphatic heterocycles. The van der Waals surface area contributed by atoms with E-state index in [1.807, 2.05) is 18.5 Å². The van der Waals surface area contributed by atoms with Crippen molar-refractivity contribution in [2.45, 2.75) is 25.9 Å². The van der Waals surface area contributed by atoms with E-state index >= 15 is 0 Å². The average Bonchev–Trinajstić information content (AvgIpc) is 3.00. The van der Waals surface area contributed by atoms with Crippen molar-refractivity contribution in [3.05, 3.63) is 48.0 Å². The third-order valence-corrected chi connectivity index (χ3v) is 4.27. The van der Waals surface area contributed by atoms with Crippen molar-refractivity contribution in [1.29, 1.82) is 0 Å². The van der Waals surface area contributed by atoms with Crippen molar-refractivity contribution in [2.75, 3.05) is 26.2 Å². The molecule has 23 heavy (non-hydrogen) atoms. The summed E-state index contributed by atoms with van der Waals surface area (Å²) in [5.74, 6) is 2.09. The Morgan fingerprint density at radius 1 is 1.39 bits per heavy atom. The Kier molecular flexibility index (Phi) is 5.31. The van der Waals surface area contributed by atoms with Gasteiger partial charge in [-0.15, -0.1) is 0 Å². The number of piperazine rings is 1. The molecule has 5 heteroatoms. The fourth-order valence-electron chi connectivity index (χ4n) is 3.08. The SMILES string of the molecule is CCCOc1cccc(CN2CCNCC2c2nccn2C)c1. The molecule has 1 atom stereocenters. The maximum absolute atomic E-state index is 5.76. The molecule has 1 fully saturated rings. The van der Waals surface area contributed by atoms with Gasteiger partial charge in [-0.05, 0) is 24.1 Å². The van der Waals surface area contributed by atoms with Crippen LogP contribution in [0.4, 0.5) is 0 Å². The molecule has 5 nitrogen and oxygen atoms in total. The standard InChI is InChI=1S/C18H26N4O/c1-3-11-23-16-6-4-5-15(12-16)14-22-10-7-19-13-17(22)18-20-8-9-21(18)2/h4-6,8-9,12,17,19H,3,7,10-11,13-14H2,1-2H3. The first-order valence-corrected chi connectivity index (χ1v) is 8.41. The van der Waals surface area contributed by atoms with Gasteiger partial charge < -0.3 is 14.6 Å². The summed E-state index contributed by atoms with van der Waals surface area (Å²) in [7, 11) is 2.06. The van der Waals surface area contributed by atoms with E-state index < -0.39 is 0 Å². The van der Waals surface area contributed by atoms with Crippen LogP contribution in [0.1, 0.15) is 30.8 Å². The number of rotatable bonds is 6. The first-order chi connectivity index (χ1) is 11.3. The van der Waals surface area contributed by atoms with Gasteiger partial charge in [0.15, 0.2) is 0 Å². The monoisotopic (exact) mass is 314 g/mol. The number of hydrogen-bond acceptors (Lipinski definition) is 4. The van der Waals surface area contributed by atoms with E-state index in [9.17, 15) is 0 Å². The summed E-state index contributed by atoms with van der Waals surface area (Å²) in [4.78, 5) is 7.04. The molecular weight excluding hydrogens is 288 g/mol. The number of benzene rings is 1. The smallest absolute Gasteiger partial charge is 0.127 e. The van der Waals surface area contributed by atoms with Crippen molar-refractivity contribution in [3.8, 4) is 5.75 Å². The summed E-state index contributed by atoms with van der Waals surface area (Å²) >= 11 is 0. The molecule has 2 aromatic rings. The van der Waals surface area contributed by atoms with E-state index in [4.69, 9.17) is 4.74 Å². The van der Waals surface area contributed by atoms with Crippen LogP contribution in [0.2, 0.25) is 0 Å². The molecule has 1 saturated heterocycles. The van der Waals surface area contributed by atoms with Gasteiger partial charge in [-0.2, -0.15) is 0 Å². The quantitative estimate of drug-likeness (QED) is 0.889. The number of aromatic nitrogens is 2. The van der Waals surface area contributed by atoms with Gasteiger partial charge in [-0.25, -0.2) is 4.98 Å². The fraction of sp³-hybridized carbons (Fsp3) is 0.500. The van der Waals surface area contributed by atoms with Crippen molar-refractivity contribution in [2.24, 2.45) is 7.05 Å². The lowest BCUT2D eigenvalue weighted by molar-refractivity contribution is 0.144. The number of aryl methyl sites for hydroxylation is 1. The van der Waals surface area contributed by atoms with Crippen molar-refractivity contribution < 1.29 is 4.74 Å². The number of ether oxygens (including phenoxy) is 1. The third kappa shape index (κ3) is 3.92. The lowest BCUT2D eigenvalue weighted by Gasteiger charge is -2.35. The molecule has 0 bridgehead atoms. The summed E-state index contributed by atoms with van der Waals surface area (Å²) in [6.07, 6.45) is 4.92. The summed E-state index contributed by atoms with van der Waals surface area (Å²) in [6, 6.07) is 8.76. The van der Waals surface area contributed by atoms with Gasteiger partial charge in [-0.1, -0.05) is 19.1 Å². The second kappa shape index (κ2) is 7.62. The lowest BCUT2D eigenvalue weighted by atomic mass is 10.1. The van der Waals surface area contributed by atoms with Crippen LogP contribution in [0.5, 0.6) is 5.75 Å². The lowest BCUT2D eigenvalue weighted by Crippen LogP contribution is -2.46. The molecule has 1 aromatic carbocycles. The highest BCUT2D eigenvalue weighted by molar-refractivity contribution is 5.28. The number of nitrogens with zero attached hydrogens (tertiary/aromatic N) is 3. The predicted octanol–water partition coefficient (Wildman–Crippen LogP) is 2.36. The second-order valence-corrected chi connectivity index (χ2v) is 6.08.